The van der Waals surface area contributed by atoms with Gasteiger partial charge >= 0.3 is 7.60 Å². The topological polar surface area (TPSA) is 101 Å². The highest BCUT2D eigenvalue weighted by Gasteiger charge is 2.24. The van der Waals surface area contributed by atoms with Gasteiger partial charge in [-0.25, -0.2) is 4.39 Å². The van der Waals surface area contributed by atoms with Crippen molar-refractivity contribution in [2.75, 3.05) is 0 Å². The lowest BCUT2D eigenvalue weighted by atomic mass is 10.3. The Kier molecular flexibility index (Phi) is 2.66. The predicted molar refractivity (Wildman–Crippen MR) is 44.7 cm³/mol. The van der Waals surface area contributed by atoms with Crippen LogP contribution in [0, 0.1) is 15.9 Å². The quantitative estimate of drug-likeness (QED) is 0.431. The number of nitro benzene ring substituents is 1. The van der Waals surface area contributed by atoms with Crippen LogP contribution in [-0.4, -0.2) is 14.7 Å². The van der Waals surface area contributed by atoms with Crippen LogP contribution in [0.4, 0.5) is 10.1 Å². The van der Waals surface area contributed by atoms with E-state index >= 15 is 0 Å². The highest BCUT2D eigenvalue weighted by Crippen LogP contribution is 2.35. The Morgan fingerprint density at radius 3 is 2.43 bits per heavy atom. The highest BCUT2D eigenvalue weighted by atomic mass is 31.2. The Hall–Kier alpha value is -1.30. The van der Waals surface area contributed by atoms with Crippen LogP contribution in [0.15, 0.2) is 18.2 Å². The number of rotatable bonds is 2. The van der Waals surface area contributed by atoms with E-state index in [1.807, 2.05) is 0 Å². The molecule has 0 radical (unpaired) electrons. The van der Waals surface area contributed by atoms with Crippen molar-refractivity contribution in [2.45, 2.75) is 0 Å². The van der Waals surface area contributed by atoms with Crippen molar-refractivity contribution < 1.29 is 23.7 Å². The molecule has 2 N–H and O–H groups in total. The van der Waals surface area contributed by atoms with Crippen LogP contribution < -0.4 is 5.30 Å². The molecule has 0 atom stereocenters. The number of non-ortho nitro benzene ring substituents is 1. The molecule has 8 heteroatoms. The number of hydrogen-bond donors (Lipinski definition) is 2. The summed E-state index contributed by atoms with van der Waals surface area (Å²) in [5, 5.41) is 9.26. The molecule has 0 aliphatic carbocycles. The molecule has 0 aliphatic heterocycles. The normalized spacial score (nSPS) is 11.4. The Labute approximate surface area is 77.3 Å². The minimum Gasteiger partial charge on any atom is -0.321 e. The van der Waals surface area contributed by atoms with Gasteiger partial charge in [-0.3, -0.25) is 14.7 Å². The number of nitrogens with zero attached hydrogens (tertiary/aromatic N) is 1. The lowest BCUT2D eigenvalue weighted by Crippen LogP contribution is -2.10. The fourth-order valence-electron chi connectivity index (χ4n) is 0.838. The van der Waals surface area contributed by atoms with E-state index in [2.05, 4.69) is 0 Å². The summed E-state index contributed by atoms with van der Waals surface area (Å²) in [5.74, 6) is -1.16. The number of halogens is 1. The molecular weight excluding hydrogens is 216 g/mol. The van der Waals surface area contributed by atoms with Gasteiger partial charge in [-0.15, -0.1) is 0 Å². The predicted octanol–water partition coefficient (Wildman–Crippen LogP) is 0.537. The molecule has 0 heterocycles. The van der Waals surface area contributed by atoms with Gasteiger partial charge in [0, 0.05) is 12.1 Å². The molecule has 0 saturated carbocycles. The van der Waals surface area contributed by atoms with Crippen molar-refractivity contribution in [2.24, 2.45) is 0 Å². The van der Waals surface area contributed by atoms with Crippen molar-refractivity contribution in [3.8, 4) is 0 Å². The summed E-state index contributed by atoms with van der Waals surface area (Å²) < 4.78 is 23.5. The summed E-state index contributed by atoms with van der Waals surface area (Å²) in [7, 11) is -4.80. The minimum atomic E-state index is -4.80. The van der Waals surface area contributed by atoms with Gasteiger partial charge in [0.25, 0.3) is 5.69 Å². The standard InChI is InChI=1S/C6H5FNO5P/c7-5-2-1-4(8(9)10)3-6(5)14(11,12)13/h1-3H,(H2,11,12,13). The largest absolute Gasteiger partial charge is 0.359 e. The molecule has 0 aromatic heterocycles. The van der Waals surface area contributed by atoms with Gasteiger partial charge < -0.3 is 9.79 Å². The van der Waals surface area contributed by atoms with Gasteiger partial charge in [-0.05, 0) is 6.07 Å². The Bertz CT molecular complexity index is 428. The number of hydrogen-bond acceptors (Lipinski definition) is 3. The maximum Gasteiger partial charge on any atom is 0.359 e. The third kappa shape index (κ3) is 2.14. The molecule has 76 valence electrons. The van der Waals surface area contributed by atoms with Crippen molar-refractivity contribution in [3.05, 3.63) is 34.1 Å². The highest BCUT2D eigenvalue weighted by molar-refractivity contribution is 7.60. The number of nitro groups is 1. The lowest BCUT2D eigenvalue weighted by molar-refractivity contribution is -0.384. The van der Waals surface area contributed by atoms with E-state index < -0.39 is 29.3 Å². The molecule has 14 heavy (non-hydrogen) atoms. The average molecular weight is 221 g/mol. The van der Waals surface area contributed by atoms with Gasteiger partial charge in [-0.2, -0.15) is 0 Å². The third-order valence-electron chi connectivity index (χ3n) is 1.45. The molecule has 0 spiro atoms. The number of benzene rings is 1. The molecule has 0 unspecified atom stereocenters. The Balaban J connectivity index is 3.36. The summed E-state index contributed by atoms with van der Waals surface area (Å²) in [6.07, 6.45) is 0. The van der Waals surface area contributed by atoms with Crippen molar-refractivity contribution in [1.82, 2.24) is 0 Å². The van der Waals surface area contributed by atoms with E-state index in [-0.39, 0.29) is 0 Å². The zero-order valence-corrected chi connectivity index (χ0v) is 7.52. The van der Waals surface area contributed by atoms with Gasteiger partial charge in [0.05, 0.1) is 4.92 Å². The van der Waals surface area contributed by atoms with Crippen LogP contribution >= 0.6 is 7.60 Å². The molecule has 0 aliphatic rings. The van der Waals surface area contributed by atoms with Crippen molar-refractivity contribution in [3.63, 3.8) is 0 Å². The molecule has 1 aromatic carbocycles. The minimum absolute atomic E-state index is 0.524. The molecular formula is C6H5FNO5P. The smallest absolute Gasteiger partial charge is 0.321 e. The van der Waals surface area contributed by atoms with Gasteiger partial charge in [0.15, 0.2) is 0 Å². The summed E-state index contributed by atoms with van der Waals surface area (Å²) in [6, 6.07) is 2.00. The van der Waals surface area contributed by atoms with Crippen LogP contribution in [0.3, 0.4) is 0 Å². The van der Waals surface area contributed by atoms with E-state index in [0.29, 0.717) is 12.1 Å². The van der Waals surface area contributed by atoms with E-state index in [1.165, 1.54) is 0 Å². The zero-order chi connectivity index (χ0) is 10.9. The maximum absolute atomic E-state index is 12.8. The fraction of sp³-hybridized carbons (Fsp3) is 0. The van der Waals surface area contributed by atoms with E-state index in [9.17, 15) is 19.1 Å². The molecule has 0 bridgehead atoms. The first kappa shape index (κ1) is 10.8. The summed E-state index contributed by atoms with van der Waals surface area (Å²) in [5.41, 5.74) is -0.565. The van der Waals surface area contributed by atoms with E-state index in [0.717, 1.165) is 6.07 Å². The monoisotopic (exact) mass is 221 g/mol. The summed E-state index contributed by atoms with van der Waals surface area (Å²) in [4.78, 5) is 26.6. The molecule has 0 fully saturated rings. The summed E-state index contributed by atoms with van der Waals surface area (Å²) >= 11 is 0. The maximum atomic E-state index is 12.8. The van der Waals surface area contributed by atoms with Crippen molar-refractivity contribution >= 4 is 18.6 Å². The third-order valence-corrected chi connectivity index (χ3v) is 2.42. The molecule has 1 aromatic rings. The Morgan fingerprint density at radius 2 is 2.00 bits per heavy atom. The zero-order valence-electron chi connectivity index (χ0n) is 6.62. The Morgan fingerprint density at radius 1 is 1.43 bits per heavy atom. The van der Waals surface area contributed by atoms with Crippen LogP contribution in [0.25, 0.3) is 0 Å². The van der Waals surface area contributed by atoms with E-state index in [1.54, 1.807) is 0 Å². The van der Waals surface area contributed by atoms with Gasteiger partial charge in [-0.1, -0.05) is 0 Å². The lowest BCUT2D eigenvalue weighted by Gasteiger charge is -2.04. The second-order valence-corrected chi connectivity index (χ2v) is 4.01. The average Bonchev–Trinajstić information content (AvgIpc) is 2.02. The molecule has 0 saturated heterocycles. The van der Waals surface area contributed by atoms with Crippen LogP contribution in [0.5, 0.6) is 0 Å². The first-order valence-corrected chi connectivity index (χ1v) is 4.93. The second-order valence-electron chi connectivity index (χ2n) is 2.44. The molecule has 6 nitrogen and oxygen atoms in total. The SMILES string of the molecule is O=[N+]([O-])c1ccc(F)c(P(=O)(O)O)c1. The van der Waals surface area contributed by atoms with Gasteiger partial charge in [0.2, 0.25) is 0 Å². The van der Waals surface area contributed by atoms with Crippen LogP contribution in [-0.2, 0) is 4.57 Å². The van der Waals surface area contributed by atoms with E-state index in [4.69, 9.17) is 9.79 Å². The molecule has 1 rings (SSSR count). The van der Waals surface area contributed by atoms with Crippen molar-refractivity contribution in [1.29, 1.82) is 0 Å². The van der Waals surface area contributed by atoms with Crippen LogP contribution in [0.2, 0.25) is 0 Å². The first-order chi connectivity index (χ1) is 6.32. The fourth-order valence-corrected chi connectivity index (χ4v) is 1.49. The first-order valence-electron chi connectivity index (χ1n) is 3.32. The molecule has 0 amide bonds. The van der Waals surface area contributed by atoms with Gasteiger partial charge in [0.1, 0.15) is 11.1 Å². The second kappa shape index (κ2) is 3.45. The van der Waals surface area contributed by atoms with Crippen LogP contribution in [0.1, 0.15) is 0 Å². The summed E-state index contributed by atoms with van der Waals surface area (Å²) in [6.45, 7) is 0.